The van der Waals surface area contributed by atoms with Crippen molar-refractivity contribution >= 4 is 57.7 Å². The van der Waals surface area contributed by atoms with E-state index in [0.717, 1.165) is 11.3 Å². The van der Waals surface area contributed by atoms with Gasteiger partial charge in [0.15, 0.2) is 4.32 Å². The van der Waals surface area contributed by atoms with Crippen LogP contribution in [-0.2, 0) is 4.79 Å². The van der Waals surface area contributed by atoms with Crippen LogP contribution in [0.25, 0.3) is 0 Å². The van der Waals surface area contributed by atoms with Gasteiger partial charge in [-0.1, -0.05) is 35.6 Å². The molecular formula is C12H12ClN3OS2. The summed E-state index contributed by atoms with van der Waals surface area (Å²) < 4.78 is 0.474. The summed E-state index contributed by atoms with van der Waals surface area (Å²) in [5.74, 6) is 0.246. The molecule has 0 radical (unpaired) electrons. The van der Waals surface area contributed by atoms with Crippen LogP contribution in [0, 0.1) is 0 Å². The van der Waals surface area contributed by atoms with E-state index in [1.165, 1.54) is 16.8 Å². The molecule has 1 aromatic carbocycles. The molecule has 19 heavy (non-hydrogen) atoms. The lowest BCUT2D eigenvalue weighted by molar-refractivity contribution is -0.123. The molecule has 1 aliphatic rings. The van der Waals surface area contributed by atoms with Crippen LogP contribution in [-0.4, -0.2) is 41.3 Å². The molecule has 1 aromatic rings. The highest BCUT2D eigenvalue weighted by Crippen LogP contribution is 2.23. The molecule has 0 aromatic heterocycles. The predicted molar refractivity (Wildman–Crippen MR) is 85.3 cm³/mol. The maximum Gasteiger partial charge on any atom is 0.259 e. The third-order valence-corrected chi connectivity index (χ3v) is 4.21. The van der Waals surface area contributed by atoms with E-state index >= 15 is 0 Å². The molecule has 0 aliphatic carbocycles. The highest BCUT2D eigenvalue weighted by Gasteiger charge is 2.25. The van der Waals surface area contributed by atoms with Crippen LogP contribution in [0.4, 0.5) is 5.69 Å². The molecule has 4 nitrogen and oxygen atoms in total. The third kappa shape index (κ3) is 3.26. The first-order chi connectivity index (χ1) is 8.99. The Labute approximate surface area is 126 Å². The maximum absolute atomic E-state index is 11.5. The molecule has 1 fully saturated rings. The van der Waals surface area contributed by atoms with Crippen molar-refractivity contribution in [2.75, 3.05) is 24.7 Å². The number of benzene rings is 1. The molecule has 2 rings (SSSR count). The summed E-state index contributed by atoms with van der Waals surface area (Å²) in [5.41, 5.74) is 1.75. The monoisotopic (exact) mass is 313 g/mol. The summed E-state index contributed by atoms with van der Waals surface area (Å²) in [7, 11) is 3.88. The van der Waals surface area contributed by atoms with Crippen molar-refractivity contribution in [1.29, 1.82) is 0 Å². The second-order valence-corrected chi connectivity index (χ2v) is 6.12. The minimum absolute atomic E-state index is 0.104. The van der Waals surface area contributed by atoms with Crippen LogP contribution >= 0.6 is 35.6 Å². The number of carbonyl (C=O) groups is 1. The van der Waals surface area contributed by atoms with Crippen LogP contribution in [0.3, 0.4) is 0 Å². The zero-order valence-corrected chi connectivity index (χ0v) is 12.8. The van der Waals surface area contributed by atoms with Crippen molar-refractivity contribution in [1.82, 2.24) is 5.01 Å². The first-order valence-electron chi connectivity index (χ1n) is 5.49. The minimum atomic E-state index is -0.104. The normalized spacial score (nSPS) is 15.6. The van der Waals surface area contributed by atoms with Gasteiger partial charge in [-0.05, 0) is 18.2 Å². The number of rotatable bonds is 3. The van der Waals surface area contributed by atoms with Gasteiger partial charge in [-0.2, -0.15) is 10.1 Å². The van der Waals surface area contributed by atoms with Crippen molar-refractivity contribution in [3.8, 4) is 0 Å². The Bertz CT molecular complexity index is 544. The molecule has 0 saturated carbocycles. The zero-order valence-electron chi connectivity index (χ0n) is 10.5. The summed E-state index contributed by atoms with van der Waals surface area (Å²) >= 11 is 12.5. The van der Waals surface area contributed by atoms with Crippen molar-refractivity contribution in [2.24, 2.45) is 5.10 Å². The molecule has 1 aliphatic heterocycles. The number of hydrogen-bond donors (Lipinski definition) is 0. The van der Waals surface area contributed by atoms with Gasteiger partial charge in [-0.25, -0.2) is 0 Å². The molecule has 1 amide bonds. The quantitative estimate of drug-likeness (QED) is 0.635. The summed E-state index contributed by atoms with van der Waals surface area (Å²) in [6, 6.07) is 5.64. The molecule has 100 valence electrons. The Hall–Kier alpha value is -1.11. The summed E-state index contributed by atoms with van der Waals surface area (Å²) in [6.45, 7) is 0. The third-order valence-electron chi connectivity index (χ3n) is 2.54. The fourth-order valence-electron chi connectivity index (χ4n) is 1.48. The van der Waals surface area contributed by atoms with E-state index in [1.807, 2.05) is 37.2 Å². The Morgan fingerprint density at radius 2 is 2.26 bits per heavy atom. The van der Waals surface area contributed by atoms with Gasteiger partial charge in [0.2, 0.25) is 0 Å². The van der Waals surface area contributed by atoms with Crippen molar-refractivity contribution in [3.63, 3.8) is 0 Å². The first-order valence-corrected chi connectivity index (χ1v) is 7.27. The maximum atomic E-state index is 11.5. The Morgan fingerprint density at radius 3 is 2.79 bits per heavy atom. The average Bonchev–Trinajstić information content (AvgIpc) is 2.68. The minimum Gasteiger partial charge on any atom is -0.378 e. The smallest absolute Gasteiger partial charge is 0.259 e. The topological polar surface area (TPSA) is 35.9 Å². The summed E-state index contributed by atoms with van der Waals surface area (Å²) in [5, 5.41) is 5.91. The number of amides is 1. The van der Waals surface area contributed by atoms with Crippen molar-refractivity contribution in [2.45, 2.75) is 0 Å². The lowest BCUT2D eigenvalue weighted by atomic mass is 10.2. The molecule has 0 bridgehead atoms. The molecular weight excluding hydrogens is 302 g/mol. The second kappa shape index (κ2) is 5.90. The van der Waals surface area contributed by atoms with Crippen LogP contribution in [0.2, 0.25) is 5.02 Å². The molecule has 1 heterocycles. The molecule has 0 N–H and O–H groups in total. The SMILES string of the molecule is CN(C)c1ccc(/C=N\N2C(=O)CSC2=S)c(Cl)c1. The molecule has 1 saturated heterocycles. The van der Waals surface area contributed by atoms with Crippen LogP contribution < -0.4 is 4.90 Å². The largest absolute Gasteiger partial charge is 0.378 e. The van der Waals surface area contributed by atoms with E-state index in [9.17, 15) is 4.79 Å². The number of hydrazone groups is 1. The highest BCUT2D eigenvalue weighted by atomic mass is 35.5. The van der Waals surface area contributed by atoms with Gasteiger partial charge >= 0.3 is 0 Å². The van der Waals surface area contributed by atoms with E-state index in [1.54, 1.807) is 6.21 Å². The predicted octanol–water partition coefficient (Wildman–Crippen LogP) is 2.60. The van der Waals surface area contributed by atoms with E-state index in [2.05, 4.69) is 5.10 Å². The average molecular weight is 314 g/mol. The molecule has 0 spiro atoms. The van der Waals surface area contributed by atoms with Crippen LogP contribution in [0.1, 0.15) is 5.56 Å². The summed E-state index contributed by atoms with van der Waals surface area (Å²) in [4.78, 5) is 13.5. The number of halogens is 1. The number of hydrogen-bond acceptors (Lipinski definition) is 5. The Balaban J connectivity index is 2.19. The van der Waals surface area contributed by atoms with Crippen LogP contribution in [0.5, 0.6) is 0 Å². The van der Waals surface area contributed by atoms with Gasteiger partial charge in [0.25, 0.3) is 5.91 Å². The zero-order chi connectivity index (χ0) is 14.0. The standard InChI is InChI=1S/C12H12ClN3OS2/c1-15(2)9-4-3-8(10(13)5-9)6-14-16-11(17)7-19-12(16)18/h3-6H,7H2,1-2H3/b14-6-. The van der Waals surface area contributed by atoms with E-state index in [4.69, 9.17) is 23.8 Å². The molecule has 0 unspecified atom stereocenters. The fourth-order valence-corrected chi connectivity index (χ4v) is 2.67. The summed E-state index contributed by atoms with van der Waals surface area (Å²) in [6.07, 6.45) is 1.55. The molecule has 0 atom stereocenters. The number of nitrogens with zero attached hydrogens (tertiary/aromatic N) is 3. The number of carbonyl (C=O) groups excluding carboxylic acids is 1. The van der Waals surface area contributed by atoms with Crippen molar-refractivity contribution in [3.05, 3.63) is 28.8 Å². The van der Waals surface area contributed by atoms with Gasteiger partial charge in [-0.15, -0.1) is 0 Å². The lowest BCUT2D eigenvalue weighted by Gasteiger charge is -2.13. The fraction of sp³-hybridized carbons (Fsp3) is 0.250. The Kier molecular flexibility index (Phi) is 4.44. The Morgan fingerprint density at radius 1 is 1.53 bits per heavy atom. The van der Waals surface area contributed by atoms with Crippen molar-refractivity contribution < 1.29 is 4.79 Å². The van der Waals surface area contributed by atoms with Gasteiger partial charge < -0.3 is 4.90 Å². The second-order valence-electron chi connectivity index (χ2n) is 4.10. The number of thiocarbonyl (C=S) groups is 1. The molecule has 7 heteroatoms. The highest BCUT2D eigenvalue weighted by molar-refractivity contribution is 8.23. The first kappa shape index (κ1) is 14.3. The van der Waals surface area contributed by atoms with E-state index in [0.29, 0.717) is 15.1 Å². The van der Waals surface area contributed by atoms with Gasteiger partial charge in [0.1, 0.15) is 0 Å². The van der Waals surface area contributed by atoms with Gasteiger partial charge in [0, 0.05) is 25.3 Å². The van der Waals surface area contributed by atoms with E-state index in [-0.39, 0.29) is 5.91 Å². The van der Waals surface area contributed by atoms with Gasteiger partial charge in [-0.3, -0.25) is 4.79 Å². The number of thioether (sulfide) groups is 1. The number of anilines is 1. The van der Waals surface area contributed by atoms with Gasteiger partial charge in [0.05, 0.1) is 17.0 Å². The van der Waals surface area contributed by atoms with E-state index < -0.39 is 0 Å². The van der Waals surface area contributed by atoms with Crippen LogP contribution in [0.15, 0.2) is 23.3 Å². The lowest BCUT2D eigenvalue weighted by Crippen LogP contribution is -2.22.